The number of benzene rings is 1. The van der Waals surface area contributed by atoms with Crippen molar-refractivity contribution in [3.05, 3.63) is 29.8 Å². The zero-order valence-corrected chi connectivity index (χ0v) is 11.3. The third-order valence-electron chi connectivity index (χ3n) is 2.56. The number of ether oxygens (including phenoxy) is 1. The molecule has 0 saturated carbocycles. The van der Waals surface area contributed by atoms with Gasteiger partial charge in [0, 0.05) is 20.1 Å². The second-order valence-electron chi connectivity index (χ2n) is 4.71. The van der Waals surface area contributed by atoms with Gasteiger partial charge in [-0.05, 0) is 31.0 Å². The van der Waals surface area contributed by atoms with Crippen molar-refractivity contribution in [1.29, 1.82) is 0 Å². The molecule has 0 heterocycles. The average Bonchev–Trinajstić information content (AvgIpc) is 2.30. The van der Waals surface area contributed by atoms with Crippen LogP contribution >= 0.6 is 0 Å². The maximum atomic E-state index is 11.3. The Morgan fingerprint density at radius 3 is 2.44 bits per heavy atom. The van der Waals surface area contributed by atoms with Crippen LogP contribution in [0.1, 0.15) is 18.9 Å². The number of amides is 1. The Bertz CT molecular complexity index is 372. The number of nitrogens with two attached hydrogens (primary N) is 1. The van der Waals surface area contributed by atoms with Crippen LogP contribution in [0.2, 0.25) is 0 Å². The average molecular weight is 250 g/mol. The van der Waals surface area contributed by atoms with Gasteiger partial charge in [0.15, 0.2) is 0 Å². The van der Waals surface area contributed by atoms with Crippen LogP contribution in [0.3, 0.4) is 0 Å². The molecule has 4 heteroatoms. The molecule has 0 radical (unpaired) electrons. The molecule has 0 aliphatic rings. The van der Waals surface area contributed by atoms with E-state index in [4.69, 9.17) is 10.5 Å². The predicted molar refractivity (Wildman–Crippen MR) is 72.6 cm³/mol. The van der Waals surface area contributed by atoms with Crippen molar-refractivity contribution in [3.63, 3.8) is 0 Å². The Labute approximate surface area is 109 Å². The molecule has 1 aromatic carbocycles. The van der Waals surface area contributed by atoms with Gasteiger partial charge < -0.3 is 15.4 Å². The van der Waals surface area contributed by atoms with Gasteiger partial charge in [0.25, 0.3) is 0 Å². The first-order valence-electron chi connectivity index (χ1n) is 6.16. The van der Waals surface area contributed by atoms with Crippen LogP contribution in [0.15, 0.2) is 24.3 Å². The topological polar surface area (TPSA) is 55.6 Å². The Morgan fingerprint density at radius 2 is 1.94 bits per heavy atom. The fourth-order valence-electron chi connectivity index (χ4n) is 1.57. The van der Waals surface area contributed by atoms with Crippen LogP contribution < -0.4 is 10.5 Å². The van der Waals surface area contributed by atoms with E-state index in [1.807, 2.05) is 31.2 Å². The summed E-state index contributed by atoms with van der Waals surface area (Å²) in [5, 5.41) is 0. The minimum atomic E-state index is 0.0728. The zero-order chi connectivity index (χ0) is 13.5. The van der Waals surface area contributed by atoms with E-state index in [2.05, 4.69) is 0 Å². The maximum absolute atomic E-state index is 11.3. The first-order valence-corrected chi connectivity index (χ1v) is 6.16. The number of carbonyl (C=O) groups excluding carboxylic acids is 1. The molecular formula is C14H22N2O2. The van der Waals surface area contributed by atoms with Gasteiger partial charge in [-0.1, -0.05) is 12.1 Å². The highest BCUT2D eigenvalue weighted by Gasteiger charge is 2.04. The highest BCUT2D eigenvalue weighted by molar-refractivity contribution is 5.75. The second-order valence-corrected chi connectivity index (χ2v) is 4.71. The predicted octanol–water partition coefficient (Wildman–Crippen LogP) is 1.43. The molecule has 100 valence electrons. The lowest BCUT2D eigenvalue weighted by atomic mass is 10.1. The maximum Gasteiger partial charge on any atom is 0.225 e. The van der Waals surface area contributed by atoms with Crippen LogP contribution in [0.25, 0.3) is 0 Å². The van der Waals surface area contributed by atoms with Crippen molar-refractivity contribution in [2.75, 3.05) is 20.7 Å². The molecule has 0 aliphatic carbocycles. The number of rotatable bonds is 6. The Kier molecular flexibility index (Phi) is 5.65. The normalized spacial score (nSPS) is 12.0. The molecule has 0 bridgehead atoms. The Hall–Kier alpha value is -1.55. The van der Waals surface area contributed by atoms with Crippen molar-refractivity contribution >= 4 is 5.91 Å². The van der Waals surface area contributed by atoms with Crippen LogP contribution in [0, 0.1) is 0 Å². The standard InChI is InChI=1S/C14H22N2O2/c1-11(15)10-12-4-6-13(7-5-12)18-9-8-14(17)16(2)3/h4-7,11H,8-10,15H2,1-3H3. The summed E-state index contributed by atoms with van der Waals surface area (Å²) in [5.41, 5.74) is 6.93. The first kappa shape index (κ1) is 14.5. The molecule has 0 aliphatic heterocycles. The summed E-state index contributed by atoms with van der Waals surface area (Å²) in [6.45, 7) is 2.39. The van der Waals surface area contributed by atoms with E-state index >= 15 is 0 Å². The third-order valence-corrected chi connectivity index (χ3v) is 2.56. The number of nitrogens with zero attached hydrogens (tertiary/aromatic N) is 1. The van der Waals surface area contributed by atoms with Crippen LogP contribution in [-0.4, -0.2) is 37.6 Å². The second kappa shape index (κ2) is 7.01. The van der Waals surface area contributed by atoms with Crippen molar-refractivity contribution in [1.82, 2.24) is 4.90 Å². The lowest BCUT2D eigenvalue weighted by Gasteiger charge is -2.11. The molecular weight excluding hydrogens is 228 g/mol. The molecule has 1 rings (SSSR count). The zero-order valence-electron chi connectivity index (χ0n) is 11.3. The van der Waals surface area contributed by atoms with Crippen molar-refractivity contribution < 1.29 is 9.53 Å². The molecule has 0 spiro atoms. The molecule has 2 N–H and O–H groups in total. The van der Waals surface area contributed by atoms with Crippen molar-refractivity contribution in [2.24, 2.45) is 5.73 Å². The molecule has 0 fully saturated rings. The van der Waals surface area contributed by atoms with Gasteiger partial charge in [0.05, 0.1) is 13.0 Å². The molecule has 0 saturated heterocycles. The first-order chi connectivity index (χ1) is 8.49. The Balaban J connectivity index is 2.37. The minimum Gasteiger partial charge on any atom is -0.493 e. The highest BCUT2D eigenvalue weighted by Crippen LogP contribution is 2.13. The Morgan fingerprint density at radius 1 is 1.33 bits per heavy atom. The van der Waals surface area contributed by atoms with Gasteiger partial charge in [-0.2, -0.15) is 0 Å². The SMILES string of the molecule is CC(N)Cc1ccc(OCCC(=O)N(C)C)cc1. The number of carbonyl (C=O) groups is 1. The van der Waals surface area contributed by atoms with Gasteiger partial charge in [0.1, 0.15) is 5.75 Å². The molecule has 18 heavy (non-hydrogen) atoms. The highest BCUT2D eigenvalue weighted by atomic mass is 16.5. The monoisotopic (exact) mass is 250 g/mol. The van der Waals surface area contributed by atoms with Gasteiger partial charge in [-0.15, -0.1) is 0 Å². The van der Waals surface area contributed by atoms with Gasteiger partial charge in [-0.3, -0.25) is 4.79 Å². The number of hydrogen-bond acceptors (Lipinski definition) is 3. The summed E-state index contributed by atoms with van der Waals surface area (Å²) in [6, 6.07) is 8.00. The van der Waals surface area contributed by atoms with E-state index in [1.54, 1.807) is 19.0 Å². The summed E-state index contributed by atoms with van der Waals surface area (Å²) in [4.78, 5) is 12.9. The minimum absolute atomic E-state index is 0.0728. The molecule has 1 atom stereocenters. The van der Waals surface area contributed by atoms with Crippen molar-refractivity contribution in [2.45, 2.75) is 25.8 Å². The summed E-state index contributed by atoms with van der Waals surface area (Å²) in [6.07, 6.45) is 1.26. The lowest BCUT2D eigenvalue weighted by Crippen LogP contribution is -2.23. The van der Waals surface area contributed by atoms with Gasteiger partial charge >= 0.3 is 0 Å². The largest absolute Gasteiger partial charge is 0.493 e. The fraction of sp³-hybridized carbons (Fsp3) is 0.500. The molecule has 1 amide bonds. The quantitative estimate of drug-likeness (QED) is 0.831. The van der Waals surface area contributed by atoms with E-state index in [9.17, 15) is 4.79 Å². The smallest absolute Gasteiger partial charge is 0.225 e. The lowest BCUT2D eigenvalue weighted by molar-refractivity contribution is -0.129. The van der Waals surface area contributed by atoms with Crippen LogP contribution in [-0.2, 0) is 11.2 Å². The third kappa shape index (κ3) is 5.19. The molecule has 4 nitrogen and oxygen atoms in total. The summed E-state index contributed by atoms with van der Waals surface area (Å²) < 4.78 is 5.51. The fourth-order valence-corrected chi connectivity index (χ4v) is 1.57. The molecule has 1 aromatic rings. The number of hydrogen-bond donors (Lipinski definition) is 1. The van der Waals surface area contributed by atoms with E-state index in [0.29, 0.717) is 13.0 Å². The molecule has 0 aromatic heterocycles. The summed E-state index contributed by atoms with van der Waals surface area (Å²) in [7, 11) is 3.48. The van der Waals surface area contributed by atoms with Crippen LogP contribution in [0.5, 0.6) is 5.75 Å². The van der Waals surface area contributed by atoms with Gasteiger partial charge in [-0.25, -0.2) is 0 Å². The van der Waals surface area contributed by atoms with Crippen molar-refractivity contribution in [3.8, 4) is 5.75 Å². The van der Waals surface area contributed by atoms with E-state index in [1.165, 1.54) is 5.56 Å². The molecule has 1 unspecified atom stereocenters. The van der Waals surface area contributed by atoms with E-state index in [-0.39, 0.29) is 11.9 Å². The van der Waals surface area contributed by atoms with E-state index in [0.717, 1.165) is 12.2 Å². The van der Waals surface area contributed by atoms with Gasteiger partial charge in [0.2, 0.25) is 5.91 Å². The van der Waals surface area contributed by atoms with E-state index < -0.39 is 0 Å². The van der Waals surface area contributed by atoms with Crippen LogP contribution in [0.4, 0.5) is 0 Å². The summed E-state index contributed by atoms with van der Waals surface area (Å²) >= 11 is 0. The summed E-state index contributed by atoms with van der Waals surface area (Å²) in [5.74, 6) is 0.860.